The standard InChI is InChI=1S/C19H26FINO2/c1-22(11-3-10-20)15-8-9-17(22)18(19(23)24-2)16(12-15)13-4-6-14(21)7-5-13/h4-7,15-18H,3,8-12H2,1-2H3/q+1/t15-,16?,17+,18?,22?/m0/s1. The fourth-order valence-electron chi connectivity index (χ4n) is 5.10. The van der Waals surface area contributed by atoms with Gasteiger partial charge in [0.25, 0.3) is 0 Å². The lowest BCUT2D eigenvalue weighted by Crippen LogP contribution is -2.62. The van der Waals surface area contributed by atoms with Crippen LogP contribution >= 0.6 is 22.6 Å². The lowest BCUT2D eigenvalue weighted by molar-refractivity contribution is -0.951. The lowest BCUT2D eigenvalue weighted by Gasteiger charge is -2.50. The number of alkyl halides is 1. The first kappa shape index (κ1) is 18.1. The fourth-order valence-corrected chi connectivity index (χ4v) is 5.46. The number of benzene rings is 1. The third-order valence-corrected chi connectivity index (χ3v) is 7.03. The Labute approximate surface area is 157 Å². The van der Waals surface area contributed by atoms with E-state index in [9.17, 15) is 9.18 Å². The summed E-state index contributed by atoms with van der Waals surface area (Å²) in [5.74, 6) is -0.0181. The number of quaternary nitrogens is 1. The van der Waals surface area contributed by atoms with Crippen molar-refractivity contribution in [2.75, 3.05) is 27.4 Å². The molecule has 0 spiro atoms. The fraction of sp³-hybridized carbons (Fsp3) is 0.632. The zero-order chi connectivity index (χ0) is 17.3. The van der Waals surface area contributed by atoms with E-state index in [0.717, 1.165) is 30.3 Å². The van der Waals surface area contributed by atoms with Crippen LogP contribution in [-0.2, 0) is 9.53 Å². The highest BCUT2D eigenvalue weighted by atomic mass is 127. The van der Waals surface area contributed by atoms with Crippen molar-refractivity contribution >= 4 is 28.6 Å². The Morgan fingerprint density at radius 1 is 1.33 bits per heavy atom. The minimum Gasteiger partial charge on any atom is -0.469 e. The minimum absolute atomic E-state index is 0.103. The average molecular weight is 446 g/mol. The molecule has 5 atom stereocenters. The van der Waals surface area contributed by atoms with Crippen molar-refractivity contribution in [3.63, 3.8) is 0 Å². The SMILES string of the molecule is COC(=O)C1C(c2ccc(I)cc2)C[C@@H]2CC[C@H]1[N+]2(C)CCCF. The van der Waals surface area contributed by atoms with Gasteiger partial charge in [-0.15, -0.1) is 0 Å². The molecule has 3 nitrogen and oxygen atoms in total. The predicted octanol–water partition coefficient (Wildman–Crippen LogP) is 3.90. The molecule has 0 N–H and O–H groups in total. The number of methoxy groups -OCH3 is 1. The van der Waals surface area contributed by atoms with Crippen molar-refractivity contribution in [2.24, 2.45) is 5.92 Å². The third-order valence-electron chi connectivity index (χ3n) is 6.31. The van der Waals surface area contributed by atoms with Gasteiger partial charge in [0.2, 0.25) is 0 Å². The Morgan fingerprint density at radius 3 is 2.67 bits per heavy atom. The van der Waals surface area contributed by atoms with E-state index in [1.165, 1.54) is 16.2 Å². The number of carbonyl (C=O) groups is 1. The van der Waals surface area contributed by atoms with Gasteiger partial charge in [-0.25, -0.2) is 0 Å². The number of ether oxygens (including phenoxy) is 1. The smallest absolute Gasteiger partial charge is 0.315 e. The molecule has 0 aliphatic carbocycles. The maximum absolute atomic E-state index is 12.8. The number of fused-ring (bicyclic) bond motifs is 2. The van der Waals surface area contributed by atoms with Crippen molar-refractivity contribution in [2.45, 2.75) is 43.7 Å². The quantitative estimate of drug-likeness (QED) is 0.390. The molecular formula is C19H26FINO2+. The molecule has 5 heteroatoms. The maximum atomic E-state index is 12.8. The van der Waals surface area contributed by atoms with Crippen molar-refractivity contribution in [1.82, 2.24) is 0 Å². The molecule has 24 heavy (non-hydrogen) atoms. The van der Waals surface area contributed by atoms with Gasteiger partial charge in [-0.05, 0) is 40.3 Å². The number of esters is 1. The summed E-state index contributed by atoms with van der Waals surface area (Å²) in [6, 6.07) is 9.28. The Morgan fingerprint density at radius 2 is 2.04 bits per heavy atom. The zero-order valence-corrected chi connectivity index (χ0v) is 16.5. The van der Waals surface area contributed by atoms with Gasteiger partial charge in [-0.2, -0.15) is 0 Å². The summed E-state index contributed by atoms with van der Waals surface area (Å²) in [5.41, 5.74) is 1.24. The minimum atomic E-state index is -0.281. The van der Waals surface area contributed by atoms with E-state index in [4.69, 9.17) is 4.74 Å². The summed E-state index contributed by atoms with van der Waals surface area (Å²) in [6.45, 7) is 0.537. The number of hydrogen-bond donors (Lipinski definition) is 0. The molecule has 132 valence electrons. The Hall–Kier alpha value is -0.690. The van der Waals surface area contributed by atoms with E-state index < -0.39 is 0 Å². The molecule has 2 saturated heterocycles. The van der Waals surface area contributed by atoms with Crippen LogP contribution in [0, 0.1) is 9.49 Å². The predicted molar refractivity (Wildman–Crippen MR) is 100 cm³/mol. The molecule has 1 aromatic rings. The van der Waals surface area contributed by atoms with Crippen LogP contribution in [0.1, 0.15) is 37.2 Å². The first-order valence-corrected chi connectivity index (χ1v) is 9.83. The summed E-state index contributed by atoms with van der Waals surface area (Å²) in [5, 5.41) is 0. The second-order valence-electron chi connectivity index (χ2n) is 7.35. The van der Waals surface area contributed by atoms with Crippen molar-refractivity contribution in [1.29, 1.82) is 0 Å². The van der Waals surface area contributed by atoms with E-state index >= 15 is 0 Å². The molecule has 2 aliphatic heterocycles. The molecule has 2 bridgehead atoms. The molecule has 2 heterocycles. The molecule has 2 aliphatic rings. The highest BCUT2D eigenvalue weighted by Crippen LogP contribution is 2.51. The Kier molecular flexibility index (Phi) is 5.49. The molecule has 0 radical (unpaired) electrons. The summed E-state index contributed by atoms with van der Waals surface area (Å²) < 4.78 is 20.0. The monoisotopic (exact) mass is 446 g/mol. The normalized spacial score (nSPS) is 35.0. The lowest BCUT2D eigenvalue weighted by atomic mass is 9.74. The van der Waals surface area contributed by atoms with Crippen LogP contribution < -0.4 is 0 Å². The topological polar surface area (TPSA) is 26.3 Å². The number of hydrogen-bond acceptors (Lipinski definition) is 2. The molecule has 0 aromatic heterocycles. The van der Waals surface area contributed by atoms with Crippen LogP contribution in [0.3, 0.4) is 0 Å². The van der Waals surface area contributed by atoms with Gasteiger partial charge < -0.3 is 9.22 Å². The molecule has 3 unspecified atom stereocenters. The van der Waals surface area contributed by atoms with Gasteiger partial charge in [0.1, 0.15) is 12.0 Å². The summed E-state index contributed by atoms with van der Waals surface area (Å²) >= 11 is 2.30. The van der Waals surface area contributed by atoms with Gasteiger partial charge in [0.15, 0.2) is 0 Å². The van der Waals surface area contributed by atoms with Crippen LogP contribution in [0.25, 0.3) is 0 Å². The Bertz CT molecular complexity index is 594. The van der Waals surface area contributed by atoms with Crippen LogP contribution in [-0.4, -0.2) is 49.9 Å². The van der Waals surface area contributed by atoms with Crippen LogP contribution in [0.5, 0.6) is 0 Å². The number of halogens is 2. The number of piperidine rings is 1. The van der Waals surface area contributed by atoms with E-state index in [1.807, 2.05) is 0 Å². The largest absolute Gasteiger partial charge is 0.469 e. The third kappa shape index (κ3) is 3.09. The van der Waals surface area contributed by atoms with Gasteiger partial charge in [0, 0.05) is 35.2 Å². The second-order valence-corrected chi connectivity index (χ2v) is 8.60. The zero-order valence-electron chi connectivity index (χ0n) is 14.4. The molecule has 1 aromatic carbocycles. The number of rotatable bonds is 5. The average Bonchev–Trinajstić information content (AvgIpc) is 2.78. The van der Waals surface area contributed by atoms with Crippen molar-refractivity contribution in [3.05, 3.63) is 33.4 Å². The number of nitrogens with zero attached hydrogens (tertiary/aromatic N) is 1. The molecule has 0 amide bonds. The van der Waals surface area contributed by atoms with E-state index in [2.05, 4.69) is 53.9 Å². The molecule has 3 rings (SSSR count). The van der Waals surface area contributed by atoms with Gasteiger partial charge in [0.05, 0.1) is 33.4 Å². The number of carbonyl (C=O) groups excluding carboxylic acids is 1. The van der Waals surface area contributed by atoms with Crippen LogP contribution in [0.4, 0.5) is 4.39 Å². The van der Waals surface area contributed by atoms with Gasteiger partial charge in [-0.1, -0.05) is 12.1 Å². The summed E-state index contributed by atoms with van der Waals surface area (Å²) in [4.78, 5) is 12.7. The summed E-state index contributed by atoms with van der Waals surface area (Å²) in [6.07, 6.45) is 3.72. The van der Waals surface area contributed by atoms with E-state index in [1.54, 1.807) is 0 Å². The van der Waals surface area contributed by atoms with Crippen molar-refractivity contribution in [3.8, 4) is 0 Å². The highest BCUT2D eigenvalue weighted by Gasteiger charge is 2.59. The summed E-state index contributed by atoms with van der Waals surface area (Å²) in [7, 11) is 3.71. The van der Waals surface area contributed by atoms with Gasteiger partial charge >= 0.3 is 5.97 Å². The maximum Gasteiger partial charge on any atom is 0.315 e. The molecule has 2 fully saturated rings. The molecule has 0 saturated carbocycles. The van der Waals surface area contributed by atoms with Crippen LogP contribution in [0.15, 0.2) is 24.3 Å². The molecular weight excluding hydrogens is 420 g/mol. The van der Waals surface area contributed by atoms with Crippen LogP contribution in [0.2, 0.25) is 0 Å². The Balaban J connectivity index is 1.95. The first-order valence-electron chi connectivity index (χ1n) is 8.75. The highest BCUT2D eigenvalue weighted by molar-refractivity contribution is 14.1. The van der Waals surface area contributed by atoms with Crippen molar-refractivity contribution < 1.29 is 18.4 Å². The second kappa shape index (κ2) is 7.28. The first-order chi connectivity index (χ1) is 11.5. The van der Waals surface area contributed by atoms with E-state index in [-0.39, 0.29) is 30.5 Å². The van der Waals surface area contributed by atoms with E-state index in [0.29, 0.717) is 12.5 Å². The van der Waals surface area contributed by atoms with Gasteiger partial charge in [-0.3, -0.25) is 9.18 Å².